The molecule has 0 aliphatic carbocycles. The molecule has 3 aromatic rings. The summed E-state index contributed by atoms with van der Waals surface area (Å²) in [6.07, 6.45) is 5.00. The molecule has 31 heavy (non-hydrogen) atoms. The summed E-state index contributed by atoms with van der Waals surface area (Å²) in [5.41, 5.74) is 2.93. The fraction of sp³-hybridized carbons (Fsp3) is 0.333. The number of halogens is 2. The van der Waals surface area contributed by atoms with Crippen molar-refractivity contribution in [2.75, 3.05) is 18.4 Å². The number of carbonyl (C=O) groups excluding carboxylic acids is 1. The first-order valence-electron chi connectivity index (χ1n) is 10.5. The van der Waals surface area contributed by atoms with E-state index in [0.717, 1.165) is 36.0 Å². The van der Waals surface area contributed by atoms with Crippen molar-refractivity contribution < 1.29 is 4.79 Å². The predicted molar refractivity (Wildman–Crippen MR) is 129 cm³/mol. The van der Waals surface area contributed by atoms with Crippen LogP contribution in [0.1, 0.15) is 46.1 Å². The first-order valence-corrected chi connectivity index (χ1v) is 12.0. The summed E-state index contributed by atoms with van der Waals surface area (Å²) in [5, 5.41) is 4.57. The predicted octanol–water partition coefficient (Wildman–Crippen LogP) is 6.52. The largest absolute Gasteiger partial charge is 0.299 e. The van der Waals surface area contributed by atoms with Gasteiger partial charge in [-0.15, -0.1) is 11.3 Å². The topological polar surface area (TPSA) is 45.2 Å². The molecule has 1 saturated heterocycles. The number of aromatic nitrogens is 1. The zero-order valence-corrected chi connectivity index (χ0v) is 19.7. The van der Waals surface area contributed by atoms with Crippen molar-refractivity contribution in [2.24, 2.45) is 5.92 Å². The Labute approximate surface area is 197 Å². The van der Waals surface area contributed by atoms with Crippen LogP contribution < -0.4 is 5.32 Å². The Hall–Kier alpha value is -1.92. The Balaban J connectivity index is 1.32. The molecule has 4 rings (SSSR count). The number of thiazole rings is 1. The molecular formula is C24H25Cl2N3OS. The number of carbonyl (C=O) groups is 1. The number of anilines is 1. The van der Waals surface area contributed by atoms with Gasteiger partial charge in [-0.3, -0.25) is 15.0 Å². The van der Waals surface area contributed by atoms with Gasteiger partial charge in [0.05, 0.1) is 10.0 Å². The van der Waals surface area contributed by atoms with Gasteiger partial charge in [0.1, 0.15) is 0 Å². The van der Waals surface area contributed by atoms with Gasteiger partial charge in [0.25, 0.3) is 5.91 Å². The molecule has 4 nitrogen and oxygen atoms in total. The Bertz CT molecular complexity index is 1040. The lowest BCUT2D eigenvalue weighted by molar-refractivity contribution is 0.102. The summed E-state index contributed by atoms with van der Waals surface area (Å²) in [6, 6.07) is 13.5. The van der Waals surface area contributed by atoms with E-state index in [9.17, 15) is 4.79 Å². The van der Waals surface area contributed by atoms with E-state index in [-0.39, 0.29) is 5.91 Å². The van der Waals surface area contributed by atoms with E-state index in [0.29, 0.717) is 27.2 Å². The second-order valence-electron chi connectivity index (χ2n) is 8.17. The highest BCUT2D eigenvalue weighted by Gasteiger charge is 2.16. The minimum absolute atomic E-state index is 0.145. The molecule has 1 aliphatic rings. The maximum absolute atomic E-state index is 12.6. The minimum Gasteiger partial charge on any atom is -0.299 e. The molecule has 1 amide bonds. The molecule has 2 aromatic carbocycles. The van der Waals surface area contributed by atoms with Crippen molar-refractivity contribution in [3.8, 4) is 0 Å². The van der Waals surface area contributed by atoms with Gasteiger partial charge in [0.2, 0.25) is 0 Å². The molecule has 0 unspecified atom stereocenters. The molecule has 1 fully saturated rings. The summed E-state index contributed by atoms with van der Waals surface area (Å²) in [6.45, 7) is 5.57. The van der Waals surface area contributed by atoms with Gasteiger partial charge in [-0.25, -0.2) is 4.98 Å². The van der Waals surface area contributed by atoms with Crippen LogP contribution in [0.4, 0.5) is 5.13 Å². The highest BCUT2D eigenvalue weighted by Crippen LogP contribution is 2.26. The van der Waals surface area contributed by atoms with Gasteiger partial charge in [-0.1, -0.05) is 48.3 Å². The third kappa shape index (κ3) is 6.07. The van der Waals surface area contributed by atoms with Crippen molar-refractivity contribution in [1.29, 1.82) is 0 Å². The standard InChI is InChI=1S/C24H25Cl2N3OS/c1-16-8-10-29(11-9-16)15-17-2-5-19(6-3-17)23(30)28-24-27-14-20(31-24)12-18-4-7-21(25)22(26)13-18/h2-7,13-14,16H,8-12,15H2,1H3,(H,27,28,30). The molecule has 0 atom stereocenters. The second-order valence-corrected chi connectivity index (χ2v) is 10.1. The fourth-order valence-electron chi connectivity index (χ4n) is 3.71. The van der Waals surface area contributed by atoms with E-state index in [4.69, 9.17) is 23.2 Å². The molecule has 1 aromatic heterocycles. The highest BCUT2D eigenvalue weighted by molar-refractivity contribution is 7.15. The van der Waals surface area contributed by atoms with Crippen LogP contribution in [0.3, 0.4) is 0 Å². The number of likely N-dealkylation sites (tertiary alicyclic amines) is 1. The fourth-order valence-corrected chi connectivity index (χ4v) is 4.87. The number of piperidine rings is 1. The lowest BCUT2D eigenvalue weighted by Crippen LogP contribution is -2.32. The molecule has 0 bridgehead atoms. The second kappa shape index (κ2) is 10.1. The molecule has 0 spiro atoms. The zero-order chi connectivity index (χ0) is 21.8. The van der Waals surface area contributed by atoms with Crippen LogP contribution >= 0.6 is 34.5 Å². The molecular weight excluding hydrogens is 449 g/mol. The Morgan fingerprint density at radius 3 is 2.52 bits per heavy atom. The average Bonchev–Trinajstić information content (AvgIpc) is 3.19. The van der Waals surface area contributed by atoms with Crippen LogP contribution in [0, 0.1) is 5.92 Å². The minimum atomic E-state index is -0.145. The van der Waals surface area contributed by atoms with Crippen LogP contribution in [-0.2, 0) is 13.0 Å². The van der Waals surface area contributed by atoms with Gasteiger partial charge < -0.3 is 0 Å². The SMILES string of the molecule is CC1CCN(Cc2ccc(C(=O)Nc3ncc(Cc4ccc(Cl)c(Cl)c4)s3)cc2)CC1. The number of rotatable bonds is 6. The first-order chi connectivity index (χ1) is 15.0. The van der Waals surface area contributed by atoms with Gasteiger partial charge >= 0.3 is 0 Å². The molecule has 7 heteroatoms. The monoisotopic (exact) mass is 473 g/mol. The van der Waals surface area contributed by atoms with Crippen LogP contribution in [-0.4, -0.2) is 28.9 Å². The lowest BCUT2D eigenvalue weighted by atomic mass is 9.99. The zero-order valence-electron chi connectivity index (χ0n) is 17.4. The molecule has 1 N–H and O–H groups in total. The van der Waals surface area contributed by atoms with Crippen molar-refractivity contribution >= 4 is 45.6 Å². The third-order valence-electron chi connectivity index (χ3n) is 5.63. The van der Waals surface area contributed by atoms with Crippen molar-refractivity contribution in [3.05, 3.63) is 80.3 Å². The molecule has 162 valence electrons. The Morgan fingerprint density at radius 1 is 1.10 bits per heavy atom. The van der Waals surface area contributed by atoms with Gasteiger partial charge in [-0.2, -0.15) is 0 Å². The van der Waals surface area contributed by atoms with Crippen LogP contribution in [0.5, 0.6) is 0 Å². The van der Waals surface area contributed by atoms with Gasteiger partial charge in [0, 0.05) is 29.6 Å². The highest BCUT2D eigenvalue weighted by atomic mass is 35.5. The quantitative estimate of drug-likeness (QED) is 0.442. The Kier molecular flexibility index (Phi) is 7.28. The molecule has 0 saturated carbocycles. The van der Waals surface area contributed by atoms with E-state index in [2.05, 4.69) is 22.1 Å². The van der Waals surface area contributed by atoms with Crippen molar-refractivity contribution in [3.63, 3.8) is 0 Å². The summed E-state index contributed by atoms with van der Waals surface area (Å²) in [7, 11) is 0. The number of nitrogens with one attached hydrogen (secondary N) is 1. The number of hydrogen-bond donors (Lipinski definition) is 1. The summed E-state index contributed by atoms with van der Waals surface area (Å²) in [5.74, 6) is 0.687. The van der Waals surface area contributed by atoms with Crippen molar-refractivity contribution in [2.45, 2.75) is 32.7 Å². The third-order valence-corrected chi connectivity index (χ3v) is 7.29. The van der Waals surface area contributed by atoms with E-state index < -0.39 is 0 Å². The van der Waals surface area contributed by atoms with E-state index >= 15 is 0 Å². The smallest absolute Gasteiger partial charge is 0.257 e. The van der Waals surface area contributed by atoms with Crippen LogP contribution in [0.25, 0.3) is 0 Å². The Morgan fingerprint density at radius 2 is 1.81 bits per heavy atom. The number of hydrogen-bond acceptors (Lipinski definition) is 4. The van der Waals surface area contributed by atoms with Gasteiger partial charge in [-0.05, 0) is 67.2 Å². The maximum atomic E-state index is 12.6. The molecule has 2 heterocycles. The molecule has 1 aliphatic heterocycles. The summed E-state index contributed by atoms with van der Waals surface area (Å²) < 4.78 is 0. The maximum Gasteiger partial charge on any atom is 0.257 e. The number of amides is 1. The summed E-state index contributed by atoms with van der Waals surface area (Å²) in [4.78, 5) is 20.5. The van der Waals surface area contributed by atoms with E-state index in [1.54, 1.807) is 12.3 Å². The normalized spacial score (nSPS) is 15.2. The number of benzene rings is 2. The van der Waals surface area contributed by atoms with E-state index in [1.807, 2.05) is 36.4 Å². The summed E-state index contributed by atoms with van der Waals surface area (Å²) >= 11 is 13.5. The van der Waals surface area contributed by atoms with E-state index in [1.165, 1.54) is 29.7 Å². The van der Waals surface area contributed by atoms with Crippen LogP contribution in [0.2, 0.25) is 10.0 Å². The average molecular weight is 474 g/mol. The number of nitrogens with zero attached hydrogens (tertiary/aromatic N) is 2. The van der Waals surface area contributed by atoms with Crippen molar-refractivity contribution in [1.82, 2.24) is 9.88 Å². The first kappa shape index (κ1) is 22.3. The van der Waals surface area contributed by atoms with Crippen LogP contribution in [0.15, 0.2) is 48.7 Å². The molecule has 0 radical (unpaired) electrons. The van der Waals surface area contributed by atoms with Gasteiger partial charge in [0.15, 0.2) is 5.13 Å². The lowest BCUT2D eigenvalue weighted by Gasteiger charge is -2.30.